The Hall–Kier alpha value is -4.01. The number of rotatable bonds is 10. The third kappa shape index (κ3) is 7.99. The Morgan fingerprint density at radius 2 is 2.03 bits per heavy atom. The lowest BCUT2D eigenvalue weighted by Gasteiger charge is -2.28. The molecule has 0 saturated carbocycles. The van der Waals surface area contributed by atoms with E-state index in [-0.39, 0.29) is 17.8 Å². The van der Waals surface area contributed by atoms with Gasteiger partial charge in [-0.15, -0.1) is 0 Å². The maximum absolute atomic E-state index is 13.5. The van der Waals surface area contributed by atoms with E-state index in [1.807, 2.05) is 29.8 Å². The Labute approximate surface area is 224 Å². The number of aromatic amines is 1. The SMILES string of the molecule is C=C(NC(c1cnc(/N=C\C(C)=N)[nH]1)C(CC)c1ccc(F)cc1)c1ccnn1CC.C=C1CCCCN1. The predicted octanol–water partition coefficient (Wildman–Crippen LogP) is 6.28. The Morgan fingerprint density at radius 1 is 1.26 bits per heavy atom. The Kier molecular flexibility index (Phi) is 10.6. The molecule has 1 aromatic carbocycles. The number of aromatic nitrogens is 4. The van der Waals surface area contributed by atoms with Crippen molar-refractivity contribution in [2.75, 3.05) is 6.54 Å². The quantitative estimate of drug-likeness (QED) is 0.237. The van der Waals surface area contributed by atoms with E-state index in [1.54, 1.807) is 19.3 Å². The second-order valence-electron chi connectivity index (χ2n) is 9.29. The standard InChI is InChI=1S/C23H28FN7.C6H11N/c1-5-19(17-7-9-18(24)10-8-17)22(20-14-27-23(30-20)26-13-15(3)25)29-16(4)21-11-12-28-31(21)6-2;1-6-4-2-3-5-7-6/h7-14,19,22,25,29H,4-6H2,1-3H3,(H,27,30);7H,1-5H2/b25-15?,26-13-;. The average molecular weight is 519 g/mol. The van der Waals surface area contributed by atoms with Crippen molar-refractivity contribution in [3.8, 4) is 0 Å². The average Bonchev–Trinajstić information content (AvgIpc) is 3.59. The fraction of sp³-hybridized carbons (Fsp3) is 0.379. The van der Waals surface area contributed by atoms with E-state index in [0.717, 1.165) is 42.2 Å². The lowest BCUT2D eigenvalue weighted by molar-refractivity contribution is 0.478. The highest BCUT2D eigenvalue weighted by atomic mass is 19.1. The van der Waals surface area contributed by atoms with Crippen LogP contribution >= 0.6 is 0 Å². The molecule has 2 aromatic heterocycles. The molecule has 1 fully saturated rings. The molecule has 0 radical (unpaired) electrons. The number of halogens is 1. The van der Waals surface area contributed by atoms with Crippen LogP contribution in [-0.2, 0) is 6.54 Å². The first-order valence-corrected chi connectivity index (χ1v) is 13.1. The van der Waals surface area contributed by atoms with Crippen molar-refractivity contribution in [1.29, 1.82) is 5.41 Å². The Bertz CT molecular complexity index is 1230. The maximum atomic E-state index is 13.5. The normalized spacial score (nSPS) is 14.8. The zero-order valence-corrected chi connectivity index (χ0v) is 22.6. The van der Waals surface area contributed by atoms with Gasteiger partial charge < -0.3 is 21.0 Å². The number of H-pyrrole nitrogens is 1. The van der Waals surface area contributed by atoms with Gasteiger partial charge in [0.2, 0.25) is 5.95 Å². The summed E-state index contributed by atoms with van der Waals surface area (Å²) in [6.45, 7) is 15.7. The van der Waals surface area contributed by atoms with Gasteiger partial charge >= 0.3 is 0 Å². The van der Waals surface area contributed by atoms with Gasteiger partial charge in [0.05, 0.1) is 35.5 Å². The zero-order chi connectivity index (χ0) is 27.5. The Morgan fingerprint density at radius 3 is 2.61 bits per heavy atom. The van der Waals surface area contributed by atoms with Crippen LogP contribution in [0.25, 0.3) is 5.70 Å². The van der Waals surface area contributed by atoms with Crippen LogP contribution in [0.3, 0.4) is 0 Å². The van der Waals surface area contributed by atoms with Gasteiger partial charge in [-0.1, -0.05) is 32.2 Å². The number of hydrogen-bond acceptors (Lipinski definition) is 6. The predicted molar refractivity (Wildman–Crippen MR) is 153 cm³/mol. The van der Waals surface area contributed by atoms with Crippen molar-refractivity contribution in [3.63, 3.8) is 0 Å². The molecule has 4 N–H and O–H groups in total. The lowest BCUT2D eigenvalue weighted by Crippen LogP contribution is -2.27. The number of aryl methyl sites for hydroxylation is 1. The molecule has 8 nitrogen and oxygen atoms in total. The molecule has 4 rings (SSSR count). The van der Waals surface area contributed by atoms with Crippen LogP contribution in [-0.4, -0.2) is 38.2 Å². The van der Waals surface area contributed by atoms with Crippen LogP contribution in [0.1, 0.15) is 75.4 Å². The Balaban J connectivity index is 0.000000494. The lowest BCUT2D eigenvalue weighted by atomic mass is 9.87. The van der Waals surface area contributed by atoms with Crippen LogP contribution < -0.4 is 10.6 Å². The number of benzene rings is 1. The molecule has 202 valence electrons. The number of piperidine rings is 1. The molecule has 9 heteroatoms. The summed E-state index contributed by atoms with van der Waals surface area (Å²) in [7, 11) is 0. The highest BCUT2D eigenvalue weighted by Crippen LogP contribution is 2.35. The molecule has 1 saturated heterocycles. The highest BCUT2D eigenvalue weighted by Gasteiger charge is 2.26. The molecule has 3 heterocycles. The number of aliphatic imine (C=N–C) groups is 1. The first-order chi connectivity index (χ1) is 18.3. The van der Waals surface area contributed by atoms with Gasteiger partial charge in [-0.25, -0.2) is 14.4 Å². The topological polar surface area (TPSA) is 107 Å². The smallest absolute Gasteiger partial charge is 0.227 e. The summed E-state index contributed by atoms with van der Waals surface area (Å²) in [4.78, 5) is 11.8. The minimum Gasteiger partial charge on any atom is -0.389 e. The van der Waals surface area contributed by atoms with E-state index < -0.39 is 0 Å². The number of imidazole rings is 1. The van der Waals surface area contributed by atoms with Crippen LogP contribution in [0.15, 0.2) is 66.6 Å². The zero-order valence-electron chi connectivity index (χ0n) is 22.6. The molecule has 1 aliphatic heterocycles. The van der Waals surface area contributed by atoms with E-state index in [2.05, 4.69) is 50.8 Å². The minimum atomic E-state index is -0.264. The monoisotopic (exact) mass is 518 g/mol. The van der Waals surface area contributed by atoms with Crippen molar-refractivity contribution < 1.29 is 4.39 Å². The molecule has 0 aliphatic carbocycles. The fourth-order valence-electron chi connectivity index (χ4n) is 4.39. The third-order valence-corrected chi connectivity index (χ3v) is 6.37. The van der Waals surface area contributed by atoms with Gasteiger partial charge in [-0.3, -0.25) is 4.68 Å². The number of nitrogens with zero attached hydrogens (tertiary/aromatic N) is 4. The molecule has 1 aliphatic rings. The van der Waals surface area contributed by atoms with Gasteiger partial charge in [0.25, 0.3) is 0 Å². The van der Waals surface area contributed by atoms with Gasteiger partial charge in [0, 0.05) is 36.6 Å². The van der Waals surface area contributed by atoms with E-state index >= 15 is 0 Å². The number of allylic oxidation sites excluding steroid dienone is 1. The van der Waals surface area contributed by atoms with Gasteiger partial charge in [0.1, 0.15) is 5.82 Å². The van der Waals surface area contributed by atoms with E-state index in [1.165, 1.54) is 43.3 Å². The van der Waals surface area contributed by atoms with E-state index in [9.17, 15) is 4.39 Å². The van der Waals surface area contributed by atoms with E-state index in [4.69, 9.17) is 5.41 Å². The summed E-state index contributed by atoms with van der Waals surface area (Å²) in [5.74, 6) is 0.184. The van der Waals surface area contributed by atoms with Crippen LogP contribution in [0.5, 0.6) is 0 Å². The highest BCUT2D eigenvalue weighted by molar-refractivity contribution is 6.28. The summed E-state index contributed by atoms with van der Waals surface area (Å²) in [5, 5.41) is 18.6. The second kappa shape index (κ2) is 14.1. The minimum absolute atomic E-state index is 0.0251. The van der Waals surface area contributed by atoms with Crippen molar-refractivity contribution in [1.82, 2.24) is 30.4 Å². The molecular weight excluding hydrogens is 479 g/mol. The molecule has 2 atom stereocenters. The first kappa shape index (κ1) is 28.6. The van der Waals surface area contributed by atoms with Crippen molar-refractivity contribution in [2.24, 2.45) is 4.99 Å². The summed E-state index contributed by atoms with van der Waals surface area (Å²) in [6.07, 6.45) is 9.56. The molecular formula is C29H39FN8. The van der Waals surface area contributed by atoms with Gasteiger partial charge in [-0.05, 0) is 63.3 Å². The fourth-order valence-corrected chi connectivity index (χ4v) is 4.39. The summed E-state index contributed by atoms with van der Waals surface area (Å²) < 4.78 is 15.4. The number of nitrogens with one attached hydrogen (secondary N) is 4. The van der Waals surface area contributed by atoms with Crippen molar-refractivity contribution >= 4 is 23.6 Å². The summed E-state index contributed by atoms with van der Waals surface area (Å²) in [5.41, 5.74) is 5.03. The summed E-state index contributed by atoms with van der Waals surface area (Å²) >= 11 is 0. The molecule has 0 spiro atoms. The van der Waals surface area contributed by atoms with Crippen LogP contribution in [0.4, 0.5) is 10.3 Å². The van der Waals surface area contributed by atoms with E-state index in [0.29, 0.717) is 11.7 Å². The van der Waals surface area contributed by atoms with Crippen molar-refractivity contribution in [2.45, 2.75) is 65.0 Å². The maximum Gasteiger partial charge on any atom is 0.227 e. The van der Waals surface area contributed by atoms with Crippen molar-refractivity contribution in [3.05, 3.63) is 84.3 Å². The summed E-state index contributed by atoms with van der Waals surface area (Å²) in [6, 6.07) is 8.29. The molecule has 0 amide bonds. The molecule has 38 heavy (non-hydrogen) atoms. The van der Waals surface area contributed by atoms with Crippen LogP contribution in [0, 0.1) is 11.2 Å². The third-order valence-electron chi connectivity index (χ3n) is 6.37. The molecule has 3 aromatic rings. The van der Waals surface area contributed by atoms with Gasteiger partial charge in [-0.2, -0.15) is 5.10 Å². The number of hydrogen-bond donors (Lipinski definition) is 4. The first-order valence-electron chi connectivity index (χ1n) is 13.1. The van der Waals surface area contributed by atoms with Gasteiger partial charge in [0.15, 0.2) is 0 Å². The molecule has 0 bridgehead atoms. The second-order valence-corrected chi connectivity index (χ2v) is 9.29. The van der Waals surface area contributed by atoms with Crippen LogP contribution in [0.2, 0.25) is 0 Å². The largest absolute Gasteiger partial charge is 0.389 e. The molecule has 2 unspecified atom stereocenters.